The van der Waals surface area contributed by atoms with Gasteiger partial charge in [0.15, 0.2) is 13.9 Å². The van der Waals surface area contributed by atoms with E-state index in [1.54, 1.807) is 9.80 Å². The van der Waals surface area contributed by atoms with E-state index in [0.717, 1.165) is 28.9 Å². The highest BCUT2D eigenvalue weighted by Gasteiger charge is 2.66. The molecule has 0 bridgehead atoms. The lowest BCUT2D eigenvalue weighted by Crippen LogP contribution is -2.46. The lowest BCUT2D eigenvalue weighted by molar-refractivity contribution is -0.146. The van der Waals surface area contributed by atoms with Crippen LogP contribution in [0.2, 0.25) is 18.6 Å². The van der Waals surface area contributed by atoms with Gasteiger partial charge in [0.05, 0.1) is 18.3 Å². The molecule has 3 aliphatic heterocycles. The molecule has 0 saturated carbocycles. The maximum absolute atomic E-state index is 14.3. The SMILES string of the molecule is C[C@@H]1[C@@H]([Si](C)(C)O)[C@H](CCO)O[C@@]12C(=O)N(Cc1ccccc1)c1ccc(N3CCCC3=O)cc12. The van der Waals surface area contributed by atoms with Crippen molar-refractivity contribution in [1.29, 1.82) is 0 Å². The summed E-state index contributed by atoms with van der Waals surface area (Å²) in [5.74, 6) is -0.343. The number of amides is 2. The second-order valence-corrected chi connectivity index (χ2v) is 14.6. The fourth-order valence-electron chi connectivity index (χ4n) is 6.47. The molecule has 2 fully saturated rings. The van der Waals surface area contributed by atoms with Crippen LogP contribution in [0.25, 0.3) is 0 Å². The van der Waals surface area contributed by atoms with Crippen LogP contribution < -0.4 is 9.80 Å². The third-order valence-electron chi connectivity index (χ3n) is 7.95. The molecule has 1 spiro atoms. The Morgan fingerprint density at radius 2 is 1.89 bits per heavy atom. The molecule has 0 aromatic heterocycles. The highest BCUT2D eigenvalue weighted by atomic mass is 28.4. The van der Waals surface area contributed by atoms with Crippen LogP contribution in [0.15, 0.2) is 48.5 Å². The molecule has 3 heterocycles. The first-order chi connectivity index (χ1) is 16.7. The van der Waals surface area contributed by atoms with E-state index in [1.807, 2.05) is 68.5 Å². The van der Waals surface area contributed by atoms with E-state index in [1.165, 1.54) is 0 Å². The third kappa shape index (κ3) is 3.83. The van der Waals surface area contributed by atoms with Gasteiger partial charge in [-0.25, -0.2) is 0 Å². The molecule has 8 heteroatoms. The van der Waals surface area contributed by atoms with Crippen LogP contribution in [0.5, 0.6) is 0 Å². The minimum atomic E-state index is -2.75. The van der Waals surface area contributed by atoms with Crippen molar-refractivity contribution in [2.75, 3.05) is 23.0 Å². The van der Waals surface area contributed by atoms with Gasteiger partial charge in [-0.3, -0.25) is 9.59 Å². The summed E-state index contributed by atoms with van der Waals surface area (Å²) in [6.45, 7) is 6.74. The van der Waals surface area contributed by atoms with Crippen LogP contribution in [0, 0.1) is 5.92 Å². The minimum Gasteiger partial charge on any atom is -0.432 e. The maximum Gasteiger partial charge on any atom is 0.264 e. The van der Waals surface area contributed by atoms with E-state index in [2.05, 4.69) is 0 Å². The number of rotatable bonds is 6. The molecule has 2 N–H and O–H groups in total. The number of fused-ring (bicyclic) bond motifs is 2. The van der Waals surface area contributed by atoms with Crippen molar-refractivity contribution < 1.29 is 24.2 Å². The first-order valence-corrected chi connectivity index (χ1v) is 15.5. The quantitative estimate of drug-likeness (QED) is 0.600. The number of hydrogen-bond donors (Lipinski definition) is 2. The Hall–Kier alpha value is -2.52. The summed E-state index contributed by atoms with van der Waals surface area (Å²) in [6, 6.07) is 15.6. The van der Waals surface area contributed by atoms with E-state index in [-0.39, 0.29) is 29.9 Å². The largest absolute Gasteiger partial charge is 0.432 e. The molecule has 2 aromatic rings. The van der Waals surface area contributed by atoms with Crippen molar-refractivity contribution >= 4 is 31.5 Å². The van der Waals surface area contributed by atoms with E-state index in [4.69, 9.17) is 4.74 Å². The number of aliphatic hydroxyl groups is 1. The summed E-state index contributed by atoms with van der Waals surface area (Å²) in [5.41, 5.74) is 1.83. The number of carbonyl (C=O) groups is 2. The highest BCUT2D eigenvalue weighted by molar-refractivity contribution is 6.71. The minimum absolute atomic E-state index is 0.0778. The molecular weight excluding hydrogens is 460 g/mol. The lowest BCUT2D eigenvalue weighted by Gasteiger charge is -2.32. The molecule has 2 amide bonds. The zero-order valence-electron chi connectivity index (χ0n) is 20.6. The number of ether oxygens (including phenoxy) is 1. The van der Waals surface area contributed by atoms with Gasteiger partial charge in [-0.2, -0.15) is 0 Å². The van der Waals surface area contributed by atoms with Crippen molar-refractivity contribution in [2.45, 2.75) is 63.1 Å². The van der Waals surface area contributed by atoms with Crippen LogP contribution in [-0.4, -0.2) is 49.3 Å². The van der Waals surface area contributed by atoms with Crippen molar-refractivity contribution in [3.05, 3.63) is 59.7 Å². The van der Waals surface area contributed by atoms with Crippen LogP contribution in [0.1, 0.15) is 37.3 Å². The second kappa shape index (κ2) is 8.85. The molecule has 186 valence electrons. The Kier molecular flexibility index (Phi) is 6.12. The Balaban J connectivity index is 1.65. The summed E-state index contributed by atoms with van der Waals surface area (Å²) in [4.78, 5) is 41.6. The number of carbonyl (C=O) groups excluding carboxylic acids is 2. The summed E-state index contributed by atoms with van der Waals surface area (Å²) in [5, 5.41) is 9.77. The molecule has 35 heavy (non-hydrogen) atoms. The van der Waals surface area contributed by atoms with Crippen LogP contribution >= 0.6 is 0 Å². The smallest absolute Gasteiger partial charge is 0.264 e. The van der Waals surface area contributed by atoms with E-state index >= 15 is 0 Å². The number of anilines is 2. The summed E-state index contributed by atoms with van der Waals surface area (Å²) in [7, 11) is -2.75. The molecule has 0 aliphatic carbocycles. The van der Waals surface area contributed by atoms with Gasteiger partial charge in [-0.1, -0.05) is 37.3 Å². The molecule has 2 saturated heterocycles. The Morgan fingerprint density at radius 1 is 1.14 bits per heavy atom. The second-order valence-electron chi connectivity index (χ2n) is 10.6. The molecule has 4 atom stereocenters. The molecular formula is C27H34N2O5Si. The van der Waals surface area contributed by atoms with Gasteiger partial charge < -0.3 is 24.4 Å². The monoisotopic (exact) mass is 494 g/mol. The Morgan fingerprint density at radius 3 is 2.51 bits per heavy atom. The average Bonchev–Trinajstić information content (AvgIpc) is 3.44. The zero-order chi connectivity index (χ0) is 25.0. The fourth-order valence-corrected chi connectivity index (χ4v) is 9.08. The van der Waals surface area contributed by atoms with Gasteiger partial charge in [0.25, 0.3) is 5.91 Å². The van der Waals surface area contributed by atoms with E-state index < -0.39 is 20.0 Å². The van der Waals surface area contributed by atoms with Crippen molar-refractivity contribution in [2.24, 2.45) is 5.92 Å². The molecule has 2 aromatic carbocycles. The highest BCUT2D eigenvalue weighted by Crippen LogP contribution is 2.60. The summed E-state index contributed by atoms with van der Waals surface area (Å²) >= 11 is 0. The fraction of sp³-hybridized carbons (Fsp3) is 0.481. The average molecular weight is 495 g/mol. The van der Waals surface area contributed by atoms with Gasteiger partial charge in [0, 0.05) is 42.3 Å². The molecule has 5 rings (SSSR count). The predicted octanol–water partition coefficient (Wildman–Crippen LogP) is 3.54. The number of nitrogens with zero attached hydrogens (tertiary/aromatic N) is 2. The van der Waals surface area contributed by atoms with Gasteiger partial charge in [-0.05, 0) is 49.7 Å². The maximum atomic E-state index is 14.3. The van der Waals surface area contributed by atoms with Crippen LogP contribution in [0.3, 0.4) is 0 Å². The standard InChI is InChI=1S/C27H34N2O5Si/c1-18-25(35(2,3)33)23(13-15-30)34-27(18)21-16-20(28-14-7-10-24(28)31)11-12-22(21)29(26(27)32)17-19-8-5-4-6-9-19/h4-6,8-9,11-12,16,18,23,25,30,33H,7,10,13-15,17H2,1-3H3/t18-,23+,25-,27+/m1/s1. The van der Waals surface area contributed by atoms with E-state index in [9.17, 15) is 19.5 Å². The van der Waals surface area contributed by atoms with Crippen molar-refractivity contribution in [1.82, 2.24) is 0 Å². The number of aliphatic hydroxyl groups excluding tert-OH is 1. The third-order valence-corrected chi connectivity index (χ3v) is 10.5. The first-order valence-electron chi connectivity index (χ1n) is 12.5. The Labute approximate surface area is 207 Å². The van der Waals surface area contributed by atoms with Gasteiger partial charge in [0.1, 0.15) is 0 Å². The lowest BCUT2D eigenvalue weighted by atomic mass is 9.82. The number of hydrogen-bond acceptors (Lipinski definition) is 5. The van der Waals surface area contributed by atoms with Crippen molar-refractivity contribution in [3.8, 4) is 0 Å². The molecule has 7 nitrogen and oxygen atoms in total. The van der Waals surface area contributed by atoms with Crippen LogP contribution in [-0.2, 0) is 26.5 Å². The topological polar surface area (TPSA) is 90.3 Å². The first kappa shape index (κ1) is 24.2. The number of benzene rings is 2. The van der Waals surface area contributed by atoms with E-state index in [0.29, 0.717) is 25.9 Å². The summed E-state index contributed by atoms with van der Waals surface area (Å²) in [6.07, 6.45) is 1.28. The Bertz CT molecular complexity index is 1130. The van der Waals surface area contributed by atoms with Crippen molar-refractivity contribution in [3.63, 3.8) is 0 Å². The molecule has 3 aliphatic rings. The summed E-state index contributed by atoms with van der Waals surface area (Å²) < 4.78 is 6.67. The molecule has 0 unspecified atom stereocenters. The molecule has 0 radical (unpaired) electrons. The van der Waals surface area contributed by atoms with Crippen LogP contribution in [0.4, 0.5) is 11.4 Å². The normalized spacial score (nSPS) is 28.4. The van der Waals surface area contributed by atoms with Gasteiger partial charge in [-0.15, -0.1) is 0 Å². The predicted molar refractivity (Wildman–Crippen MR) is 137 cm³/mol. The van der Waals surface area contributed by atoms with Gasteiger partial charge in [0.2, 0.25) is 5.91 Å². The zero-order valence-corrected chi connectivity index (χ0v) is 21.6. The van der Waals surface area contributed by atoms with Gasteiger partial charge >= 0.3 is 0 Å².